The van der Waals surface area contributed by atoms with Crippen LogP contribution in [0.5, 0.6) is 0 Å². The highest BCUT2D eigenvalue weighted by Crippen LogP contribution is 2.07. The Morgan fingerprint density at radius 2 is 2.33 bits per heavy atom. The van der Waals surface area contributed by atoms with Gasteiger partial charge in [-0.05, 0) is 23.2 Å². The van der Waals surface area contributed by atoms with E-state index in [4.69, 9.17) is 5.53 Å². The predicted octanol–water partition coefficient (Wildman–Crippen LogP) is 3.63. The Balaban J connectivity index is 2.58. The first-order chi connectivity index (χ1) is 7.36. The second-order valence-electron chi connectivity index (χ2n) is 2.84. The van der Waals surface area contributed by atoms with Crippen LogP contribution in [0.15, 0.2) is 29.4 Å². The van der Waals surface area contributed by atoms with E-state index in [1.54, 1.807) is 0 Å². The topological polar surface area (TPSA) is 48.8 Å². The first-order valence-electron chi connectivity index (χ1n) is 4.51. The Hall–Kier alpha value is -1.43. The molecule has 0 saturated heterocycles. The van der Waals surface area contributed by atoms with Crippen molar-refractivity contribution in [1.29, 1.82) is 0 Å². The van der Waals surface area contributed by atoms with Gasteiger partial charge in [-0.15, -0.1) is 0 Å². The number of benzene rings is 1. The fourth-order valence-corrected chi connectivity index (χ4v) is 1.40. The van der Waals surface area contributed by atoms with Gasteiger partial charge in [-0.3, -0.25) is 0 Å². The average Bonchev–Trinajstić information content (AvgIpc) is 2.29. The molecule has 3 nitrogen and oxygen atoms in total. The quantitative estimate of drug-likeness (QED) is 0.200. The van der Waals surface area contributed by atoms with E-state index in [1.165, 1.54) is 5.56 Å². The van der Waals surface area contributed by atoms with Crippen molar-refractivity contribution in [2.45, 2.75) is 11.8 Å². The normalized spacial score (nSPS) is 8.60. The van der Waals surface area contributed by atoms with Crippen molar-refractivity contribution < 1.29 is 0 Å². The number of hydrogen-bond acceptors (Lipinski definition) is 1. The molecular formula is C11H10BrN3. The van der Waals surface area contributed by atoms with Crippen molar-refractivity contribution in [3.63, 3.8) is 0 Å². The van der Waals surface area contributed by atoms with Gasteiger partial charge in [-0.25, -0.2) is 0 Å². The van der Waals surface area contributed by atoms with E-state index in [-0.39, 0.29) is 0 Å². The Kier molecular flexibility index (Phi) is 5.39. The third-order valence-electron chi connectivity index (χ3n) is 1.71. The second kappa shape index (κ2) is 6.94. The monoisotopic (exact) mass is 263 g/mol. The summed E-state index contributed by atoms with van der Waals surface area (Å²) in [5.74, 6) is 5.98. The molecule has 0 amide bonds. The molecule has 0 aliphatic rings. The fourth-order valence-electron chi connectivity index (χ4n) is 1.05. The molecular weight excluding hydrogens is 254 g/mol. The zero-order valence-electron chi connectivity index (χ0n) is 8.15. The SMILES string of the molecule is [N-]=[N+]=NCCC#Cc1cccc(CBr)c1. The van der Waals surface area contributed by atoms with Gasteiger partial charge in [0.15, 0.2) is 0 Å². The van der Waals surface area contributed by atoms with Crippen LogP contribution in [0.1, 0.15) is 17.5 Å². The summed E-state index contributed by atoms with van der Waals surface area (Å²) in [5.41, 5.74) is 10.3. The molecule has 1 aromatic rings. The van der Waals surface area contributed by atoms with E-state index < -0.39 is 0 Å². The highest BCUT2D eigenvalue weighted by Gasteiger charge is 1.90. The van der Waals surface area contributed by atoms with E-state index in [0.717, 1.165) is 10.9 Å². The number of nitrogens with zero attached hydrogens (tertiary/aromatic N) is 3. The Bertz CT molecular complexity index is 425. The van der Waals surface area contributed by atoms with Crippen LogP contribution in [0.3, 0.4) is 0 Å². The zero-order chi connectivity index (χ0) is 10.9. The molecule has 0 radical (unpaired) electrons. The van der Waals surface area contributed by atoms with Crippen molar-refractivity contribution in [2.75, 3.05) is 6.54 Å². The van der Waals surface area contributed by atoms with Crippen LogP contribution in [-0.4, -0.2) is 6.54 Å². The van der Waals surface area contributed by atoms with E-state index in [1.807, 2.05) is 24.3 Å². The van der Waals surface area contributed by atoms with Crippen LogP contribution < -0.4 is 0 Å². The molecule has 0 saturated carbocycles. The van der Waals surface area contributed by atoms with Crippen molar-refractivity contribution in [3.05, 3.63) is 45.8 Å². The lowest BCUT2D eigenvalue weighted by Crippen LogP contribution is -1.80. The van der Waals surface area contributed by atoms with Gasteiger partial charge in [0.05, 0.1) is 0 Å². The van der Waals surface area contributed by atoms with Gasteiger partial charge >= 0.3 is 0 Å². The van der Waals surface area contributed by atoms with Gasteiger partial charge < -0.3 is 0 Å². The molecule has 15 heavy (non-hydrogen) atoms. The summed E-state index contributed by atoms with van der Waals surface area (Å²) in [6.45, 7) is 0.432. The molecule has 0 aliphatic carbocycles. The lowest BCUT2D eigenvalue weighted by atomic mass is 10.1. The molecule has 0 unspecified atom stereocenters. The second-order valence-corrected chi connectivity index (χ2v) is 3.40. The Labute approximate surface area is 97.3 Å². The van der Waals surface area contributed by atoms with Crippen molar-refractivity contribution in [1.82, 2.24) is 0 Å². The minimum atomic E-state index is 0.432. The highest BCUT2D eigenvalue weighted by atomic mass is 79.9. The van der Waals surface area contributed by atoms with Crippen molar-refractivity contribution >= 4 is 15.9 Å². The summed E-state index contributed by atoms with van der Waals surface area (Å²) >= 11 is 3.39. The minimum Gasteiger partial charge on any atom is -0.0978 e. The van der Waals surface area contributed by atoms with Gasteiger partial charge in [0.1, 0.15) is 0 Å². The molecule has 1 rings (SSSR count). The lowest BCUT2D eigenvalue weighted by molar-refractivity contribution is 1.01. The Morgan fingerprint density at radius 3 is 3.07 bits per heavy atom. The van der Waals surface area contributed by atoms with E-state index in [0.29, 0.717) is 13.0 Å². The molecule has 0 fully saturated rings. The lowest BCUT2D eigenvalue weighted by Gasteiger charge is -1.94. The van der Waals surface area contributed by atoms with E-state index >= 15 is 0 Å². The fraction of sp³-hybridized carbons (Fsp3) is 0.273. The van der Waals surface area contributed by atoms with Gasteiger partial charge in [0.25, 0.3) is 0 Å². The smallest absolute Gasteiger partial charge is 0.0367 e. The van der Waals surface area contributed by atoms with Gasteiger partial charge in [-0.1, -0.05) is 45.0 Å². The summed E-state index contributed by atoms with van der Waals surface area (Å²) in [4.78, 5) is 2.66. The van der Waals surface area contributed by atoms with Crippen LogP contribution in [0.25, 0.3) is 10.4 Å². The summed E-state index contributed by atoms with van der Waals surface area (Å²) in [6, 6.07) is 8.02. The number of hydrogen-bond donors (Lipinski definition) is 0. The van der Waals surface area contributed by atoms with Crippen LogP contribution in [0.2, 0.25) is 0 Å². The van der Waals surface area contributed by atoms with E-state index in [2.05, 4.69) is 37.8 Å². The van der Waals surface area contributed by atoms with Crippen molar-refractivity contribution in [3.8, 4) is 11.8 Å². The highest BCUT2D eigenvalue weighted by molar-refractivity contribution is 9.08. The summed E-state index contributed by atoms with van der Waals surface area (Å²) in [5, 5.41) is 4.24. The van der Waals surface area contributed by atoms with Gasteiger partial charge in [0.2, 0.25) is 0 Å². The molecule has 0 atom stereocenters. The number of azide groups is 1. The van der Waals surface area contributed by atoms with Crippen LogP contribution in [-0.2, 0) is 5.33 Å². The van der Waals surface area contributed by atoms with Gasteiger partial charge in [0, 0.05) is 28.8 Å². The number of halogens is 1. The molecule has 0 aliphatic heterocycles. The first-order valence-corrected chi connectivity index (χ1v) is 5.63. The number of alkyl halides is 1. The maximum atomic E-state index is 8.06. The molecule has 0 N–H and O–H groups in total. The average molecular weight is 264 g/mol. The minimum absolute atomic E-state index is 0.432. The predicted molar refractivity (Wildman–Crippen MR) is 64.6 cm³/mol. The summed E-state index contributed by atoms with van der Waals surface area (Å²) in [6.07, 6.45) is 0.600. The molecule has 1 aromatic carbocycles. The van der Waals surface area contributed by atoms with Crippen LogP contribution in [0, 0.1) is 11.8 Å². The third kappa shape index (κ3) is 4.55. The largest absolute Gasteiger partial charge is 0.0978 e. The van der Waals surface area contributed by atoms with Crippen LogP contribution >= 0.6 is 15.9 Å². The zero-order valence-corrected chi connectivity index (χ0v) is 9.74. The van der Waals surface area contributed by atoms with E-state index in [9.17, 15) is 0 Å². The first kappa shape index (κ1) is 11.6. The maximum absolute atomic E-state index is 8.06. The maximum Gasteiger partial charge on any atom is 0.0367 e. The number of rotatable bonds is 3. The summed E-state index contributed by atoms with van der Waals surface area (Å²) < 4.78 is 0. The van der Waals surface area contributed by atoms with Crippen molar-refractivity contribution in [2.24, 2.45) is 5.11 Å². The summed E-state index contributed by atoms with van der Waals surface area (Å²) in [7, 11) is 0. The molecule has 0 aromatic heterocycles. The molecule has 0 heterocycles. The molecule has 0 spiro atoms. The standard InChI is InChI=1S/C11H10BrN3/c12-9-11-6-3-5-10(8-11)4-1-2-7-14-15-13/h3,5-6,8H,2,7,9H2. The van der Waals surface area contributed by atoms with Gasteiger partial charge in [-0.2, -0.15) is 0 Å². The molecule has 76 valence electrons. The third-order valence-corrected chi connectivity index (χ3v) is 2.36. The molecule has 4 heteroatoms. The molecule has 0 bridgehead atoms. The Morgan fingerprint density at radius 1 is 1.47 bits per heavy atom. The van der Waals surface area contributed by atoms with Crippen LogP contribution in [0.4, 0.5) is 0 Å².